The monoisotopic (exact) mass is 377 g/mol. The first-order valence-corrected chi connectivity index (χ1v) is 8.46. The maximum absolute atomic E-state index is 5.81. The highest BCUT2D eigenvalue weighted by Gasteiger charge is 2.42. The Kier molecular flexibility index (Phi) is 3.94. The molecule has 18 heavy (non-hydrogen) atoms. The summed E-state index contributed by atoms with van der Waals surface area (Å²) in [6, 6.07) is 0. The number of halogens is 2. The zero-order valence-corrected chi connectivity index (χ0v) is 13.1. The fraction of sp³-hybridized carbons (Fsp3) is 0.692. The number of hydrogen-bond donors (Lipinski definition) is 0. The number of rotatable bonds is 3. The smallest absolute Gasteiger partial charge is 0.225 e. The van der Waals surface area contributed by atoms with Crippen molar-refractivity contribution < 1.29 is 0 Å². The molecule has 1 aliphatic carbocycles. The first kappa shape index (κ1) is 12.9. The Morgan fingerprint density at radius 2 is 1.94 bits per heavy atom. The predicted octanol–water partition coefficient (Wildman–Crippen LogP) is 3.42. The standard InChI is InChI=1S/C13H17ClIN3/c14-11-7-16-13(17-8-11)18-3-1-9(2-4-18)12-5-10(12)6-15/h7-10,12H,1-6H2/t10-,12+/m0/s1. The Balaban J connectivity index is 1.55. The SMILES string of the molecule is Clc1cnc(N2CCC([C@H]3C[C@H]3CI)CC2)nc1. The second-order valence-corrected chi connectivity index (χ2v) is 6.66. The molecule has 3 rings (SSSR count). The molecule has 0 radical (unpaired) electrons. The van der Waals surface area contributed by atoms with Gasteiger partial charge in [0.1, 0.15) is 0 Å². The van der Waals surface area contributed by atoms with Gasteiger partial charge in [0.15, 0.2) is 0 Å². The van der Waals surface area contributed by atoms with Crippen molar-refractivity contribution in [1.82, 2.24) is 9.97 Å². The van der Waals surface area contributed by atoms with Gasteiger partial charge in [-0.15, -0.1) is 0 Å². The van der Waals surface area contributed by atoms with Crippen LogP contribution in [-0.2, 0) is 0 Å². The summed E-state index contributed by atoms with van der Waals surface area (Å²) in [5.41, 5.74) is 0. The van der Waals surface area contributed by atoms with Gasteiger partial charge >= 0.3 is 0 Å². The summed E-state index contributed by atoms with van der Waals surface area (Å²) in [6.45, 7) is 2.19. The fourth-order valence-electron chi connectivity index (χ4n) is 3.02. The van der Waals surface area contributed by atoms with Crippen LogP contribution in [0.4, 0.5) is 5.95 Å². The number of hydrogen-bond acceptors (Lipinski definition) is 3. The normalized spacial score (nSPS) is 28.4. The molecular weight excluding hydrogens is 361 g/mol. The average Bonchev–Trinajstić information content (AvgIpc) is 3.19. The van der Waals surface area contributed by atoms with E-state index in [-0.39, 0.29) is 0 Å². The fourth-order valence-corrected chi connectivity index (χ4v) is 4.13. The van der Waals surface area contributed by atoms with Crippen molar-refractivity contribution in [2.24, 2.45) is 17.8 Å². The quantitative estimate of drug-likeness (QED) is 0.597. The van der Waals surface area contributed by atoms with Crippen LogP contribution < -0.4 is 4.90 Å². The lowest BCUT2D eigenvalue weighted by Gasteiger charge is -2.32. The molecule has 3 nitrogen and oxygen atoms in total. The highest BCUT2D eigenvalue weighted by Crippen LogP contribution is 2.48. The summed E-state index contributed by atoms with van der Waals surface area (Å²) in [7, 11) is 0. The first-order chi connectivity index (χ1) is 8.78. The Morgan fingerprint density at radius 1 is 1.28 bits per heavy atom. The van der Waals surface area contributed by atoms with Gasteiger partial charge in [-0.2, -0.15) is 0 Å². The zero-order valence-electron chi connectivity index (χ0n) is 10.2. The minimum Gasteiger partial charge on any atom is -0.341 e. The highest BCUT2D eigenvalue weighted by atomic mass is 127. The van der Waals surface area contributed by atoms with E-state index in [1.165, 1.54) is 23.7 Å². The molecule has 98 valence electrons. The third-order valence-electron chi connectivity index (χ3n) is 4.21. The van der Waals surface area contributed by atoms with Gasteiger partial charge in [-0.05, 0) is 37.0 Å². The van der Waals surface area contributed by atoms with Gasteiger partial charge in [0.05, 0.1) is 17.4 Å². The van der Waals surface area contributed by atoms with Crippen LogP contribution in [-0.4, -0.2) is 27.5 Å². The molecule has 1 aliphatic heterocycles. The van der Waals surface area contributed by atoms with E-state index in [2.05, 4.69) is 37.5 Å². The zero-order chi connectivity index (χ0) is 12.5. The van der Waals surface area contributed by atoms with Gasteiger partial charge in [-0.1, -0.05) is 34.2 Å². The molecule has 0 spiro atoms. The van der Waals surface area contributed by atoms with Gasteiger partial charge in [0.25, 0.3) is 0 Å². The molecule has 1 aromatic rings. The van der Waals surface area contributed by atoms with Crippen LogP contribution >= 0.6 is 34.2 Å². The molecule has 0 amide bonds. The summed E-state index contributed by atoms with van der Waals surface area (Å²) < 4.78 is 1.34. The average molecular weight is 378 g/mol. The molecular formula is C13H17ClIN3. The largest absolute Gasteiger partial charge is 0.341 e. The third kappa shape index (κ3) is 2.74. The van der Waals surface area contributed by atoms with Crippen molar-refractivity contribution in [3.05, 3.63) is 17.4 Å². The van der Waals surface area contributed by atoms with Gasteiger partial charge < -0.3 is 4.90 Å². The summed E-state index contributed by atoms with van der Waals surface area (Å²) in [6.07, 6.45) is 7.42. The molecule has 0 aromatic carbocycles. The lowest BCUT2D eigenvalue weighted by molar-refractivity contribution is 0.350. The maximum Gasteiger partial charge on any atom is 0.225 e. The van der Waals surface area contributed by atoms with E-state index in [4.69, 9.17) is 11.6 Å². The second-order valence-electron chi connectivity index (χ2n) is 5.34. The number of anilines is 1. The Bertz CT molecular complexity index is 403. The third-order valence-corrected chi connectivity index (χ3v) is 5.54. The van der Waals surface area contributed by atoms with E-state index in [0.29, 0.717) is 5.02 Å². The van der Waals surface area contributed by atoms with Crippen LogP contribution in [0.2, 0.25) is 5.02 Å². The van der Waals surface area contributed by atoms with Crippen LogP contribution in [0.25, 0.3) is 0 Å². The van der Waals surface area contributed by atoms with Gasteiger partial charge in [-0.25, -0.2) is 9.97 Å². The molecule has 0 unspecified atom stereocenters. The van der Waals surface area contributed by atoms with E-state index in [0.717, 1.165) is 36.8 Å². The molecule has 2 aliphatic rings. The molecule has 1 saturated heterocycles. The lowest BCUT2D eigenvalue weighted by atomic mass is 9.91. The van der Waals surface area contributed by atoms with Crippen molar-refractivity contribution in [3.8, 4) is 0 Å². The van der Waals surface area contributed by atoms with Gasteiger partial charge in [-0.3, -0.25) is 0 Å². The molecule has 2 fully saturated rings. The first-order valence-electron chi connectivity index (χ1n) is 6.56. The summed E-state index contributed by atoms with van der Waals surface area (Å²) in [5.74, 6) is 3.79. The van der Waals surface area contributed by atoms with Crippen molar-refractivity contribution in [2.75, 3.05) is 22.4 Å². The number of aromatic nitrogens is 2. The van der Waals surface area contributed by atoms with Gasteiger partial charge in [0.2, 0.25) is 5.95 Å². The van der Waals surface area contributed by atoms with Crippen molar-refractivity contribution in [2.45, 2.75) is 19.3 Å². The summed E-state index contributed by atoms with van der Waals surface area (Å²) >= 11 is 8.34. The molecule has 1 aromatic heterocycles. The molecule has 0 bridgehead atoms. The van der Waals surface area contributed by atoms with E-state index < -0.39 is 0 Å². The maximum atomic E-state index is 5.81. The van der Waals surface area contributed by atoms with E-state index in [1.54, 1.807) is 12.4 Å². The number of alkyl halides is 1. The topological polar surface area (TPSA) is 29.0 Å². The minimum absolute atomic E-state index is 0.608. The van der Waals surface area contributed by atoms with E-state index in [1.807, 2.05) is 0 Å². The number of nitrogens with zero attached hydrogens (tertiary/aromatic N) is 3. The Hall–Kier alpha value is -0.100. The second kappa shape index (κ2) is 5.49. The molecule has 2 atom stereocenters. The lowest BCUT2D eigenvalue weighted by Crippen LogP contribution is -2.35. The predicted molar refractivity (Wildman–Crippen MR) is 82.5 cm³/mol. The van der Waals surface area contributed by atoms with Crippen molar-refractivity contribution >= 4 is 40.1 Å². The van der Waals surface area contributed by atoms with Crippen LogP contribution in [0, 0.1) is 17.8 Å². The Morgan fingerprint density at radius 3 is 2.50 bits per heavy atom. The molecule has 2 heterocycles. The van der Waals surface area contributed by atoms with Crippen LogP contribution in [0.5, 0.6) is 0 Å². The summed E-state index contributed by atoms with van der Waals surface area (Å²) in [4.78, 5) is 10.9. The van der Waals surface area contributed by atoms with E-state index in [9.17, 15) is 0 Å². The van der Waals surface area contributed by atoms with Crippen LogP contribution in [0.15, 0.2) is 12.4 Å². The minimum atomic E-state index is 0.608. The van der Waals surface area contributed by atoms with Crippen molar-refractivity contribution in [1.29, 1.82) is 0 Å². The summed E-state index contributed by atoms with van der Waals surface area (Å²) in [5, 5.41) is 0.608. The van der Waals surface area contributed by atoms with Crippen LogP contribution in [0.3, 0.4) is 0 Å². The van der Waals surface area contributed by atoms with Crippen LogP contribution in [0.1, 0.15) is 19.3 Å². The highest BCUT2D eigenvalue weighted by molar-refractivity contribution is 14.1. The molecule has 0 N–H and O–H groups in total. The Labute approximate surface area is 126 Å². The van der Waals surface area contributed by atoms with Gasteiger partial charge in [0, 0.05) is 17.5 Å². The molecule has 1 saturated carbocycles. The number of piperidine rings is 1. The van der Waals surface area contributed by atoms with Crippen molar-refractivity contribution in [3.63, 3.8) is 0 Å². The van der Waals surface area contributed by atoms with E-state index >= 15 is 0 Å². The molecule has 5 heteroatoms.